The summed E-state index contributed by atoms with van der Waals surface area (Å²) in [6.07, 6.45) is 0. The van der Waals surface area contributed by atoms with Crippen molar-refractivity contribution in [3.05, 3.63) is 30.1 Å². The van der Waals surface area contributed by atoms with Gasteiger partial charge in [0.2, 0.25) is 0 Å². The van der Waals surface area contributed by atoms with E-state index in [0.717, 1.165) is 5.82 Å². The standard InChI is InChI=1S/C18H26N6O3/c1-12-21-15(11-16(22-12)24(2)3)19-9-10-20-18(25)23-13-7-6-8-14(26-4)17(13)27-5/h6-8,11H,9-10H2,1-5H3,(H,19,21,22)(H2,20,23,25). The van der Waals surface area contributed by atoms with E-state index in [1.807, 2.05) is 32.0 Å². The zero-order valence-electron chi connectivity index (χ0n) is 16.3. The molecule has 0 aliphatic carbocycles. The summed E-state index contributed by atoms with van der Waals surface area (Å²) in [5.74, 6) is 3.23. The molecule has 1 aromatic heterocycles. The Hall–Kier alpha value is -3.23. The number of nitrogens with zero attached hydrogens (tertiary/aromatic N) is 3. The molecule has 27 heavy (non-hydrogen) atoms. The van der Waals surface area contributed by atoms with Crippen molar-refractivity contribution in [1.29, 1.82) is 0 Å². The Morgan fingerprint density at radius 2 is 1.93 bits per heavy atom. The van der Waals surface area contributed by atoms with Crippen LogP contribution in [0.1, 0.15) is 5.82 Å². The normalized spacial score (nSPS) is 10.1. The van der Waals surface area contributed by atoms with Gasteiger partial charge in [0.25, 0.3) is 0 Å². The fraction of sp³-hybridized carbons (Fsp3) is 0.389. The van der Waals surface area contributed by atoms with E-state index in [4.69, 9.17) is 9.47 Å². The molecule has 2 rings (SSSR count). The van der Waals surface area contributed by atoms with Gasteiger partial charge in [-0.25, -0.2) is 14.8 Å². The summed E-state index contributed by atoms with van der Waals surface area (Å²) in [6.45, 7) is 2.77. The minimum atomic E-state index is -0.337. The van der Waals surface area contributed by atoms with Crippen LogP contribution in [-0.4, -0.2) is 57.4 Å². The van der Waals surface area contributed by atoms with Crippen molar-refractivity contribution < 1.29 is 14.3 Å². The number of amides is 2. The number of carbonyl (C=O) groups is 1. The Kier molecular flexibility index (Phi) is 7.04. The van der Waals surface area contributed by atoms with Gasteiger partial charge in [-0.2, -0.15) is 0 Å². The second kappa shape index (κ2) is 9.46. The highest BCUT2D eigenvalue weighted by atomic mass is 16.5. The first-order chi connectivity index (χ1) is 12.9. The molecule has 0 atom stereocenters. The second-order valence-electron chi connectivity index (χ2n) is 5.90. The summed E-state index contributed by atoms with van der Waals surface area (Å²) in [5.41, 5.74) is 0.532. The molecule has 2 amide bonds. The minimum Gasteiger partial charge on any atom is -0.493 e. The zero-order valence-corrected chi connectivity index (χ0v) is 16.3. The lowest BCUT2D eigenvalue weighted by Gasteiger charge is -2.15. The van der Waals surface area contributed by atoms with E-state index in [0.29, 0.717) is 41.9 Å². The zero-order chi connectivity index (χ0) is 19.8. The first kappa shape index (κ1) is 20.1. The Balaban J connectivity index is 1.85. The Bertz CT molecular complexity index is 782. The number of para-hydroxylation sites is 1. The molecule has 0 aliphatic heterocycles. The van der Waals surface area contributed by atoms with Crippen LogP contribution in [0.2, 0.25) is 0 Å². The van der Waals surface area contributed by atoms with Gasteiger partial charge in [-0.15, -0.1) is 0 Å². The minimum absolute atomic E-state index is 0.337. The number of urea groups is 1. The SMILES string of the molecule is COc1cccc(NC(=O)NCCNc2cc(N(C)C)nc(C)n2)c1OC. The van der Waals surface area contributed by atoms with Gasteiger partial charge in [-0.3, -0.25) is 0 Å². The first-order valence-electron chi connectivity index (χ1n) is 8.47. The molecule has 146 valence electrons. The molecule has 9 nitrogen and oxygen atoms in total. The van der Waals surface area contributed by atoms with Gasteiger partial charge < -0.3 is 30.3 Å². The molecule has 1 aromatic carbocycles. The van der Waals surface area contributed by atoms with Gasteiger partial charge >= 0.3 is 6.03 Å². The first-order valence-corrected chi connectivity index (χ1v) is 8.47. The van der Waals surface area contributed by atoms with Gasteiger partial charge in [0.1, 0.15) is 17.5 Å². The number of nitrogens with one attached hydrogen (secondary N) is 3. The summed E-state index contributed by atoms with van der Waals surface area (Å²) < 4.78 is 10.5. The van der Waals surface area contributed by atoms with Gasteiger partial charge in [-0.1, -0.05) is 6.07 Å². The summed E-state index contributed by atoms with van der Waals surface area (Å²) >= 11 is 0. The maximum atomic E-state index is 12.1. The maximum absolute atomic E-state index is 12.1. The van der Waals surface area contributed by atoms with Crippen molar-refractivity contribution in [2.24, 2.45) is 0 Å². The Morgan fingerprint density at radius 1 is 1.15 bits per heavy atom. The third kappa shape index (κ3) is 5.63. The van der Waals surface area contributed by atoms with Crippen LogP contribution >= 0.6 is 0 Å². The topological polar surface area (TPSA) is 101 Å². The number of methoxy groups -OCH3 is 2. The van der Waals surface area contributed by atoms with E-state index in [1.54, 1.807) is 25.3 Å². The van der Waals surface area contributed by atoms with Crippen LogP contribution in [0, 0.1) is 6.92 Å². The largest absolute Gasteiger partial charge is 0.493 e. The van der Waals surface area contributed by atoms with Crippen LogP contribution in [-0.2, 0) is 0 Å². The van der Waals surface area contributed by atoms with Gasteiger partial charge in [-0.05, 0) is 19.1 Å². The molecule has 3 N–H and O–H groups in total. The number of aryl methyl sites for hydroxylation is 1. The van der Waals surface area contributed by atoms with E-state index < -0.39 is 0 Å². The lowest BCUT2D eigenvalue weighted by atomic mass is 10.2. The van der Waals surface area contributed by atoms with E-state index in [-0.39, 0.29) is 6.03 Å². The fourth-order valence-electron chi connectivity index (χ4n) is 2.39. The molecule has 0 saturated carbocycles. The summed E-state index contributed by atoms with van der Waals surface area (Å²) in [5, 5.41) is 8.71. The maximum Gasteiger partial charge on any atom is 0.319 e. The van der Waals surface area contributed by atoms with Crippen molar-refractivity contribution in [2.45, 2.75) is 6.92 Å². The Morgan fingerprint density at radius 3 is 2.59 bits per heavy atom. The third-order valence-corrected chi connectivity index (χ3v) is 3.65. The molecule has 0 fully saturated rings. The van der Waals surface area contributed by atoms with Crippen molar-refractivity contribution in [3.8, 4) is 11.5 Å². The number of anilines is 3. The fourth-order valence-corrected chi connectivity index (χ4v) is 2.39. The van der Waals surface area contributed by atoms with Crippen LogP contribution in [0.4, 0.5) is 22.1 Å². The number of benzene rings is 1. The molecule has 2 aromatic rings. The second-order valence-corrected chi connectivity index (χ2v) is 5.90. The third-order valence-electron chi connectivity index (χ3n) is 3.65. The van der Waals surface area contributed by atoms with Crippen molar-refractivity contribution in [2.75, 3.05) is 56.9 Å². The summed E-state index contributed by atoms with van der Waals surface area (Å²) in [6, 6.07) is 6.80. The average molecular weight is 374 g/mol. The van der Waals surface area contributed by atoms with Crippen molar-refractivity contribution >= 4 is 23.4 Å². The quantitative estimate of drug-likeness (QED) is 0.608. The summed E-state index contributed by atoms with van der Waals surface area (Å²) in [7, 11) is 6.91. The van der Waals surface area contributed by atoms with Crippen LogP contribution < -0.4 is 30.3 Å². The molecular weight excluding hydrogens is 348 g/mol. The van der Waals surface area contributed by atoms with E-state index in [2.05, 4.69) is 25.9 Å². The molecule has 0 aliphatic rings. The monoisotopic (exact) mass is 374 g/mol. The average Bonchev–Trinajstić information content (AvgIpc) is 2.64. The molecule has 0 unspecified atom stereocenters. The number of hydrogen-bond acceptors (Lipinski definition) is 7. The lowest BCUT2D eigenvalue weighted by Crippen LogP contribution is -2.32. The molecule has 9 heteroatoms. The van der Waals surface area contributed by atoms with Gasteiger partial charge in [0.15, 0.2) is 11.5 Å². The number of carbonyl (C=O) groups excluding carboxylic acids is 1. The van der Waals surface area contributed by atoms with E-state index >= 15 is 0 Å². The number of ether oxygens (including phenoxy) is 2. The van der Waals surface area contributed by atoms with E-state index in [9.17, 15) is 4.79 Å². The Labute approximate surface area is 159 Å². The number of hydrogen-bond donors (Lipinski definition) is 3. The molecule has 0 bridgehead atoms. The number of aromatic nitrogens is 2. The highest BCUT2D eigenvalue weighted by molar-refractivity contribution is 5.91. The van der Waals surface area contributed by atoms with Crippen molar-refractivity contribution in [3.63, 3.8) is 0 Å². The predicted molar refractivity (Wildman–Crippen MR) is 106 cm³/mol. The van der Waals surface area contributed by atoms with Gasteiger partial charge in [0, 0.05) is 33.3 Å². The molecule has 0 saturated heterocycles. The highest BCUT2D eigenvalue weighted by Gasteiger charge is 2.11. The van der Waals surface area contributed by atoms with E-state index in [1.165, 1.54) is 7.11 Å². The molecule has 0 spiro atoms. The summed E-state index contributed by atoms with van der Waals surface area (Å²) in [4.78, 5) is 22.7. The molecular formula is C18H26N6O3. The predicted octanol–water partition coefficient (Wildman–Crippen LogP) is 2.10. The van der Waals surface area contributed by atoms with Crippen LogP contribution in [0.5, 0.6) is 11.5 Å². The van der Waals surface area contributed by atoms with Gasteiger partial charge in [0.05, 0.1) is 19.9 Å². The molecule has 1 heterocycles. The van der Waals surface area contributed by atoms with Crippen molar-refractivity contribution in [1.82, 2.24) is 15.3 Å². The van der Waals surface area contributed by atoms with Crippen LogP contribution in [0.3, 0.4) is 0 Å². The van der Waals surface area contributed by atoms with Crippen LogP contribution in [0.25, 0.3) is 0 Å². The highest BCUT2D eigenvalue weighted by Crippen LogP contribution is 2.34. The number of rotatable bonds is 8. The van der Waals surface area contributed by atoms with Crippen LogP contribution in [0.15, 0.2) is 24.3 Å². The molecule has 0 radical (unpaired) electrons. The lowest BCUT2D eigenvalue weighted by molar-refractivity contribution is 0.252. The smallest absolute Gasteiger partial charge is 0.319 e.